The molecule has 0 atom stereocenters. The Morgan fingerprint density at radius 3 is 1.50 bits per heavy atom. The number of rotatable bonds is 4. The molecule has 0 aromatic carbocycles. The third-order valence-corrected chi connectivity index (χ3v) is 0.805. The van der Waals surface area contributed by atoms with Crippen LogP contribution in [0.2, 0.25) is 0 Å². The summed E-state index contributed by atoms with van der Waals surface area (Å²) in [6, 6.07) is 0. The number of carboxylic acids is 2. The molecule has 0 bridgehead atoms. The quantitative estimate of drug-likeness (QED) is 0.478. The van der Waals surface area contributed by atoms with Crippen LogP contribution in [-0.4, -0.2) is 23.1 Å². The van der Waals surface area contributed by atoms with E-state index >= 15 is 0 Å². The van der Waals surface area contributed by atoms with E-state index in [2.05, 4.69) is 0 Å². The predicted octanol–water partition coefficient (Wildman–Crippen LogP) is -9.36. The maximum atomic E-state index is 9.71. The van der Waals surface area contributed by atoms with E-state index in [1.807, 2.05) is 0 Å². The average molecular weight is 224 g/mol. The molecule has 0 aromatic heterocycles. The zero-order chi connectivity index (χ0) is 8.15. The van der Waals surface area contributed by atoms with Crippen molar-refractivity contribution in [1.82, 2.24) is 0 Å². The Hall–Kier alpha value is 2.17. The van der Waals surface area contributed by atoms with Gasteiger partial charge in [0.1, 0.15) is 0 Å². The van der Waals surface area contributed by atoms with Crippen LogP contribution in [-0.2, 0) is 9.59 Å². The molecule has 0 saturated carbocycles. The molecular formula is C5H6K2O5. The van der Waals surface area contributed by atoms with Crippen molar-refractivity contribution in [2.24, 2.45) is 0 Å². The minimum atomic E-state index is -1.48. The van der Waals surface area contributed by atoms with Gasteiger partial charge < -0.3 is 24.9 Å². The molecule has 0 radical (unpaired) electrons. The third kappa shape index (κ3) is 14.7. The van der Waals surface area contributed by atoms with Gasteiger partial charge in [-0.15, -0.1) is 0 Å². The molecule has 5 nitrogen and oxygen atoms in total. The molecule has 0 unspecified atom stereocenters. The van der Waals surface area contributed by atoms with E-state index in [0.717, 1.165) is 0 Å². The van der Waals surface area contributed by atoms with Gasteiger partial charge in [-0.1, -0.05) is 0 Å². The van der Waals surface area contributed by atoms with Crippen molar-refractivity contribution >= 4 is 11.9 Å². The summed E-state index contributed by atoms with van der Waals surface area (Å²) in [5, 5.41) is 28.0. The molecule has 7 heteroatoms. The van der Waals surface area contributed by atoms with E-state index in [1.54, 1.807) is 0 Å². The number of aliphatic carboxylic acids is 2. The van der Waals surface area contributed by atoms with Gasteiger partial charge in [-0.25, -0.2) is 0 Å². The predicted molar refractivity (Wildman–Crippen MR) is 25.3 cm³/mol. The van der Waals surface area contributed by atoms with Gasteiger partial charge in [0.05, 0.1) is 6.10 Å². The zero-order valence-electron chi connectivity index (χ0n) is 7.07. The second-order valence-corrected chi connectivity index (χ2v) is 1.81. The number of aliphatic hydroxyl groups is 1. The first-order chi connectivity index (χ1) is 4.52. The number of carboxylic acid groups (broad SMARTS) is 2. The second-order valence-electron chi connectivity index (χ2n) is 1.81. The van der Waals surface area contributed by atoms with Crippen LogP contribution in [0.1, 0.15) is 12.8 Å². The van der Waals surface area contributed by atoms with Gasteiger partial charge in [0.2, 0.25) is 0 Å². The normalized spacial score (nSPS) is 8.17. The Labute approximate surface area is 155 Å². The molecule has 0 rings (SSSR count). The van der Waals surface area contributed by atoms with Crippen molar-refractivity contribution in [3.8, 4) is 0 Å². The number of aliphatic hydroxyl groups excluding tert-OH is 1. The molecule has 0 spiro atoms. The van der Waals surface area contributed by atoms with Crippen LogP contribution >= 0.6 is 0 Å². The molecule has 0 saturated heterocycles. The van der Waals surface area contributed by atoms with Gasteiger partial charge in [-0.05, 0) is 0 Å². The summed E-state index contributed by atoms with van der Waals surface area (Å²) in [5.41, 5.74) is 0. The fraction of sp³-hybridized carbons (Fsp3) is 0.600. The summed E-state index contributed by atoms with van der Waals surface area (Å²) < 4.78 is 0. The molecule has 0 aromatic rings. The van der Waals surface area contributed by atoms with E-state index in [4.69, 9.17) is 5.11 Å². The fourth-order valence-corrected chi connectivity index (χ4v) is 0.457. The van der Waals surface area contributed by atoms with Gasteiger partial charge in [0, 0.05) is 24.8 Å². The first-order valence-corrected chi connectivity index (χ1v) is 2.60. The van der Waals surface area contributed by atoms with E-state index in [1.165, 1.54) is 0 Å². The molecule has 0 aliphatic carbocycles. The summed E-state index contributed by atoms with van der Waals surface area (Å²) >= 11 is 0. The number of hydrogen-bond donors (Lipinski definition) is 1. The summed E-state index contributed by atoms with van der Waals surface area (Å²) in [4.78, 5) is 19.4. The molecule has 1 N–H and O–H groups in total. The van der Waals surface area contributed by atoms with Crippen LogP contribution in [0.4, 0.5) is 0 Å². The van der Waals surface area contributed by atoms with Crippen molar-refractivity contribution in [2.45, 2.75) is 18.9 Å². The topological polar surface area (TPSA) is 100 Å². The first-order valence-electron chi connectivity index (χ1n) is 2.60. The molecule has 58 valence electrons. The second kappa shape index (κ2) is 11.2. The summed E-state index contributed by atoms with van der Waals surface area (Å²) in [6.45, 7) is 0. The van der Waals surface area contributed by atoms with Gasteiger partial charge >= 0.3 is 103 Å². The van der Waals surface area contributed by atoms with Crippen molar-refractivity contribution in [1.29, 1.82) is 0 Å². The van der Waals surface area contributed by atoms with Crippen LogP contribution in [0, 0.1) is 0 Å². The van der Waals surface area contributed by atoms with E-state index in [0.29, 0.717) is 0 Å². The van der Waals surface area contributed by atoms with Crippen molar-refractivity contribution in [3.05, 3.63) is 0 Å². The van der Waals surface area contributed by atoms with Crippen molar-refractivity contribution < 1.29 is 128 Å². The Morgan fingerprint density at radius 2 is 1.33 bits per heavy atom. The van der Waals surface area contributed by atoms with Gasteiger partial charge in [-0.2, -0.15) is 0 Å². The first kappa shape index (κ1) is 19.7. The Morgan fingerprint density at radius 1 is 1.08 bits per heavy atom. The number of carbonyl (C=O) groups excluding carboxylic acids is 2. The van der Waals surface area contributed by atoms with Crippen LogP contribution in [0.15, 0.2) is 0 Å². The molecule has 12 heavy (non-hydrogen) atoms. The summed E-state index contributed by atoms with van der Waals surface area (Å²) in [7, 11) is 0. The fourth-order valence-electron chi connectivity index (χ4n) is 0.457. The maximum Gasteiger partial charge on any atom is 1.00 e. The zero-order valence-corrected chi connectivity index (χ0v) is 13.3. The summed E-state index contributed by atoms with van der Waals surface area (Å²) in [6.07, 6.45) is -2.75. The summed E-state index contributed by atoms with van der Waals surface area (Å²) in [5.74, 6) is -2.96. The number of carbonyl (C=O) groups is 2. The van der Waals surface area contributed by atoms with Crippen LogP contribution < -0.4 is 113 Å². The minimum absolute atomic E-state index is 0. The van der Waals surface area contributed by atoms with Gasteiger partial charge in [-0.3, -0.25) is 0 Å². The van der Waals surface area contributed by atoms with E-state index in [9.17, 15) is 19.8 Å². The maximum absolute atomic E-state index is 9.71. The average Bonchev–Trinajstić information content (AvgIpc) is 1.58. The number of hydrogen-bond acceptors (Lipinski definition) is 5. The van der Waals surface area contributed by atoms with Crippen LogP contribution in [0.25, 0.3) is 0 Å². The van der Waals surface area contributed by atoms with Crippen molar-refractivity contribution in [3.63, 3.8) is 0 Å². The van der Waals surface area contributed by atoms with Gasteiger partial charge in [0.15, 0.2) is 0 Å². The molecule has 0 fully saturated rings. The van der Waals surface area contributed by atoms with E-state index < -0.39 is 30.9 Å². The smallest absolute Gasteiger partial charge is 0.550 e. The van der Waals surface area contributed by atoms with Crippen molar-refractivity contribution in [2.75, 3.05) is 0 Å². The molecule has 0 heterocycles. The minimum Gasteiger partial charge on any atom is -0.550 e. The van der Waals surface area contributed by atoms with E-state index in [-0.39, 0.29) is 103 Å². The van der Waals surface area contributed by atoms with Crippen LogP contribution in [0.3, 0.4) is 0 Å². The monoisotopic (exact) mass is 224 g/mol. The Balaban J connectivity index is -0.000000405. The Kier molecular flexibility index (Phi) is 18.5. The Bertz CT molecular complexity index is 133. The standard InChI is InChI=1S/C5H8O5.2K/c6-3(1-4(7)8)2-5(9)10;;/h3,6H,1-2H2,(H,7,8)(H,9,10);;/q;2*+1/p-2. The third-order valence-electron chi connectivity index (χ3n) is 0.805. The van der Waals surface area contributed by atoms with Crippen LogP contribution in [0.5, 0.6) is 0 Å². The molecule has 0 aliphatic heterocycles. The molecule has 0 aliphatic rings. The van der Waals surface area contributed by atoms with Gasteiger partial charge in [0.25, 0.3) is 0 Å². The molecule has 0 amide bonds. The SMILES string of the molecule is O=C([O-])CC(O)CC(=O)[O-].[K+].[K+]. The molecular weight excluding hydrogens is 218 g/mol. The largest absolute Gasteiger partial charge is 1.00 e.